The van der Waals surface area contributed by atoms with Crippen LogP contribution in [-0.4, -0.2) is 5.91 Å². The summed E-state index contributed by atoms with van der Waals surface area (Å²) in [5.41, 5.74) is 7.59. The molecule has 1 amide bonds. The highest BCUT2D eigenvalue weighted by Crippen LogP contribution is 2.25. The highest BCUT2D eigenvalue weighted by atomic mass is 35.5. The Hall–Kier alpha value is -2.00. The molecule has 0 radical (unpaired) electrons. The summed E-state index contributed by atoms with van der Waals surface area (Å²) in [6.07, 6.45) is 0. The van der Waals surface area contributed by atoms with Gasteiger partial charge in [0, 0.05) is 22.3 Å². The first-order valence-corrected chi connectivity index (χ1v) is 6.36. The van der Waals surface area contributed by atoms with Gasteiger partial charge < -0.3 is 11.1 Å². The van der Waals surface area contributed by atoms with E-state index in [0.29, 0.717) is 10.6 Å². The molecule has 0 fully saturated rings. The van der Waals surface area contributed by atoms with Crippen molar-refractivity contribution in [2.45, 2.75) is 13.0 Å². The predicted molar refractivity (Wildman–Crippen MR) is 78.4 cm³/mol. The van der Waals surface area contributed by atoms with Crippen molar-refractivity contribution in [2.75, 3.05) is 5.32 Å². The molecule has 0 unspecified atom stereocenters. The molecule has 3 nitrogen and oxygen atoms in total. The number of amides is 1. The first-order chi connectivity index (χ1) is 9.08. The van der Waals surface area contributed by atoms with Gasteiger partial charge in [-0.05, 0) is 36.8 Å². The first kappa shape index (κ1) is 13.4. The normalized spacial score (nSPS) is 11.9. The monoisotopic (exact) mass is 274 g/mol. The Bertz CT molecular complexity index is 598. The first-order valence-electron chi connectivity index (χ1n) is 5.99. The van der Waals surface area contributed by atoms with E-state index in [1.54, 1.807) is 18.2 Å². The van der Waals surface area contributed by atoms with Crippen LogP contribution < -0.4 is 11.1 Å². The van der Waals surface area contributed by atoms with Crippen LogP contribution >= 0.6 is 11.6 Å². The van der Waals surface area contributed by atoms with E-state index in [2.05, 4.69) is 5.32 Å². The third kappa shape index (κ3) is 3.26. The molecule has 0 spiro atoms. The second-order valence-electron chi connectivity index (χ2n) is 4.33. The molecule has 3 N–H and O–H groups in total. The third-order valence-corrected chi connectivity index (χ3v) is 3.25. The maximum Gasteiger partial charge on any atom is 0.248 e. The lowest BCUT2D eigenvalue weighted by Gasteiger charge is -2.17. The molecular weight excluding hydrogens is 260 g/mol. The second-order valence-corrected chi connectivity index (χ2v) is 4.74. The molecule has 0 aliphatic carbocycles. The minimum atomic E-state index is -0.436. The van der Waals surface area contributed by atoms with E-state index in [1.807, 2.05) is 37.3 Å². The van der Waals surface area contributed by atoms with Crippen LogP contribution in [0.15, 0.2) is 48.5 Å². The van der Waals surface area contributed by atoms with Crippen molar-refractivity contribution in [2.24, 2.45) is 5.73 Å². The van der Waals surface area contributed by atoms with Crippen LogP contribution in [0.25, 0.3) is 0 Å². The minimum Gasteiger partial charge on any atom is -0.378 e. The zero-order chi connectivity index (χ0) is 13.8. The number of benzene rings is 2. The van der Waals surface area contributed by atoms with Crippen LogP contribution in [0.4, 0.5) is 5.69 Å². The van der Waals surface area contributed by atoms with Gasteiger partial charge in [-0.2, -0.15) is 0 Å². The summed E-state index contributed by atoms with van der Waals surface area (Å²) in [5.74, 6) is -0.436. The summed E-state index contributed by atoms with van der Waals surface area (Å²) in [5, 5.41) is 4.02. The summed E-state index contributed by atoms with van der Waals surface area (Å²) >= 11 is 6.15. The van der Waals surface area contributed by atoms with Crippen molar-refractivity contribution >= 4 is 23.2 Å². The maximum absolute atomic E-state index is 11.1. The topological polar surface area (TPSA) is 55.1 Å². The molecule has 2 aromatic rings. The number of hydrogen-bond donors (Lipinski definition) is 2. The van der Waals surface area contributed by atoms with Crippen molar-refractivity contribution in [1.29, 1.82) is 0 Å². The molecule has 0 saturated carbocycles. The van der Waals surface area contributed by atoms with Gasteiger partial charge in [0.05, 0.1) is 0 Å². The number of nitrogens with one attached hydrogen (secondary N) is 1. The summed E-state index contributed by atoms with van der Waals surface area (Å²) in [4.78, 5) is 11.1. The van der Waals surface area contributed by atoms with Gasteiger partial charge in [-0.25, -0.2) is 0 Å². The van der Waals surface area contributed by atoms with E-state index < -0.39 is 5.91 Å². The number of hydrogen-bond acceptors (Lipinski definition) is 2. The number of primary amides is 1. The van der Waals surface area contributed by atoms with E-state index in [0.717, 1.165) is 11.3 Å². The summed E-state index contributed by atoms with van der Waals surface area (Å²) in [6.45, 7) is 2.01. The molecular formula is C15H15ClN2O. The zero-order valence-electron chi connectivity index (χ0n) is 10.6. The molecule has 0 heterocycles. The van der Waals surface area contributed by atoms with Gasteiger partial charge in [0.15, 0.2) is 0 Å². The Morgan fingerprint density at radius 3 is 2.63 bits per heavy atom. The fraction of sp³-hybridized carbons (Fsp3) is 0.133. The minimum absolute atomic E-state index is 0.0387. The number of carbonyl (C=O) groups is 1. The molecule has 1 atom stereocenters. The number of anilines is 1. The lowest BCUT2D eigenvalue weighted by Crippen LogP contribution is -2.12. The molecule has 2 rings (SSSR count). The van der Waals surface area contributed by atoms with Gasteiger partial charge in [-0.1, -0.05) is 35.9 Å². The Kier molecular flexibility index (Phi) is 4.07. The predicted octanol–water partition coefficient (Wildman–Crippen LogP) is 3.61. The van der Waals surface area contributed by atoms with Gasteiger partial charge in [-0.3, -0.25) is 4.79 Å². The molecule has 0 bridgehead atoms. The largest absolute Gasteiger partial charge is 0.378 e. The smallest absolute Gasteiger partial charge is 0.248 e. The standard InChI is InChI=1S/C15H15ClN2O/c1-10(13-7-2-3-8-14(13)16)18-12-6-4-5-11(9-12)15(17)19/h2-10,18H,1H3,(H2,17,19)/t10-/m1/s1. The molecule has 0 aliphatic rings. The molecule has 0 aliphatic heterocycles. The number of carbonyl (C=O) groups excluding carboxylic acids is 1. The molecule has 0 saturated heterocycles. The molecule has 2 aromatic carbocycles. The quantitative estimate of drug-likeness (QED) is 0.895. The average molecular weight is 275 g/mol. The Labute approximate surface area is 117 Å². The van der Waals surface area contributed by atoms with Crippen molar-refractivity contribution in [3.8, 4) is 0 Å². The highest BCUT2D eigenvalue weighted by molar-refractivity contribution is 6.31. The maximum atomic E-state index is 11.1. The number of rotatable bonds is 4. The van der Waals surface area contributed by atoms with Crippen LogP contribution in [-0.2, 0) is 0 Å². The third-order valence-electron chi connectivity index (χ3n) is 2.90. The van der Waals surface area contributed by atoms with Crippen molar-refractivity contribution in [1.82, 2.24) is 0 Å². The van der Waals surface area contributed by atoms with Gasteiger partial charge >= 0.3 is 0 Å². The van der Waals surface area contributed by atoms with Gasteiger partial charge in [0.2, 0.25) is 5.91 Å². The summed E-state index contributed by atoms with van der Waals surface area (Å²) in [6, 6.07) is 14.8. The Morgan fingerprint density at radius 2 is 1.95 bits per heavy atom. The van der Waals surface area contributed by atoms with E-state index in [-0.39, 0.29) is 6.04 Å². The molecule has 98 valence electrons. The lowest BCUT2D eigenvalue weighted by atomic mass is 10.1. The van der Waals surface area contributed by atoms with Crippen molar-refractivity contribution < 1.29 is 4.79 Å². The van der Waals surface area contributed by atoms with E-state index in [9.17, 15) is 4.79 Å². The highest BCUT2D eigenvalue weighted by Gasteiger charge is 2.09. The van der Waals surface area contributed by atoms with Crippen molar-refractivity contribution in [3.63, 3.8) is 0 Å². The van der Waals surface area contributed by atoms with Crippen LogP contribution in [0, 0.1) is 0 Å². The van der Waals surface area contributed by atoms with E-state index in [4.69, 9.17) is 17.3 Å². The van der Waals surface area contributed by atoms with E-state index in [1.165, 1.54) is 0 Å². The SMILES string of the molecule is C[C@@H](Nc1cccc(C(N)=O)c1)c1ccccc1Cl. The van der Waals surface area contributed by atoms with Crippen LogP contribution in [0.3, 0.4) is 0 Å². The summed E-state index contributed by atoms with van der Waals surface area (Å²) in [7, 11) is 0. The van der Waals surface area contributed by atoms with Gasteiger partial charge in [0.25, 0.3) is 0 Å². The fourth-order valence-corrected chi connectivity index (χ4v) is 2.22. The van der Waals surface area contributed by atoms with Crippen LogP contribution in [0.5, 0.6) is 0 Å². The second kappa shape index (κ2) is 5.76. The fourth-order valence-electron chi connectivity index (χ4n) is 1.92. The zero-order valence-corrected chi connectivity index (χ0v) is 11.3. The lowest BCUT2D eigenvalue weighted by molar-refractivity contribution is 0.100. The van der Waals surface area contributed by atoms with Crippen molar-refractivity contribution in [3.05, 3.63) is 64.7 Å². The van der Waals surface area contributed by atoms with Gasteiger partial charge in [0.1, 0.15) is 0 Å². The number of nitrogens with two attached hydrogens (primary N) is 1. The Morgan fingerprint density at radius 1 is 1.21 bits per heavy atom. The van der Waals surface area contributed by atoms with E-state index >= 15 is 0 Å². The van der Waals surface area contributed by atoms with Gasteiger partial charge in [-0.15, -0.1) is 0 Å². The van der Waals surface area contributed by atoms with Crippen LogP contribution in [0.1, 0.15) is 28.9 Å². The average Bonchev–Trinajstić information content (AvgIpc) is 2.39. The Balaban J connectivity index is 2.19. The van der Waals surface area contributed by atoms with Crippen LogP contribution in [0.2, 0.25) is 5.02 Å². The molecule has 4 heteroatoms. The number of halogens is 1. The molecule has 0 aromatic heterocycles. The summed E-state index contributed by atoms with van der Waals surface area (Å²) < 4.78 is 0. The molecule has 19 heavy (non-hydrogen) atoms.